The predicted molar refractivity (Wildman–Crippen MR) is 119 cm³/mol. The van der Waals surface area contributed by atoms with Crippen molar-refractivity contribution in [2.75, 3.05) is 18.7 Å². The minimum atomic E-state index is -0.153. The first-order valence-corrected chi connectivity index (χ1v) is 10.6. The Hall–Kier alpha value is -3.33. The maximum atomic E-state index is 13.3. The zero-order valence-corrected chi connectivity index (χ0v) is 18.0. The Kier molecular flexibility index (Phi) is 5.45. The fraction of sp³-hybridized carbons (Fsp3) is 0.238. The molecule has 3 heterocycles. The first kappa shape index (κ1) is 20.0. The Labute approximate surface area is 177 Å². The predicted octanol–water partition coefficient (Wildman–Crippen LogP) is 3.36. The molecule has 1 aromatic carbocycles. The van der Waals surface area contributed by atoms with Crippen LogP contribution in [0.5, 0.6) is 5.75 Å². The average Bonchev–Trinajstić information content (AvgIpc) is 3.14. The first-order chi connectivity index (χ1) is 14.5. The van der Waals surface area contributed by atoms with Gasteiger partial charge < -0.3 is 14.6 Å². The molecule has 0 fully saturated rings. The molecule has 0 spiro atoms. The fourth-order valence-corrected chi connectivity index (χ4v) is 3.70. The molecule has 0 saturated carbocycles. The number of ether oxygens (including phenoxy) is 1. The number of aryl methyl sites for hydroxylation is 2. The van der Waals surface area contributed by atoms with E-state index < -0.39 is 0 Å². The van der Waals surface area contributed by atoms with Crippen LogP contribution >= 0.6 is 11.8 Å². The van der Waals surface area contributed by atoms with E-state index >= 15 is 0 Å². The number of nitrogens with zero attached hydrogens (tertiary/aromatic N) is 5. The molecule has 3 aromatic heterocycles. The van der Waals surface area contributed by atoms with Gasteiger partial charge in [0, 0.05) is 19.4 Å². The van der Waals surface area contributed by atoms with E-state index in [0.29, 0.717) is 28.4 Å². The number of hydrogen-bond donors (Lipinski definition) is 1. The summed E-state index contributed by atoms with van der Waals surface area (Å²) in [5.41, 5.74) is 3.24. The molecule has 8 nitrogen and oxygen atoms in total. The summed E-state index contributed by atoms with van der Waals surface area (Å²) >= 11 is 1.43. The first-order valence-electron chi connectivity index (χ1n) is 9.33. The van der Waals surface area contributed by atoms with Crippen LogP contribution in [0.1, 0.15) is 11.1 Å². The van der Waals surface area contributed by atoms with Crippen LogP contribution in [0, 0.1) is 6.92 Å². The van der Waals surface area contributed by atoms with Crippen molar-refractivity contribution in [3.8, 4) is 5.75 Å². The molecule has 0 atom stereocenters. The second kappa shape index (κ2) is 8.19. The number of anilines is 2. The zero-order valence-electron chi connectivity index (χ0n) is 17.2. The molecule has 4 rings (SSSR count). The summed E-state index contributed by atoms with van der Waals surface area (Å²) in [5.74, 6) is 1.30. The molecule has 0 aliphatic heterocycles. The molecular formula is C21H22N6O2S. The van der Waals surface area contributed by atoms with Crippen LogP contribution in [0.15, 0.2) is 52.8 Å². The minimum Gasteiger partial charge on any atom is -0.496 e. The molecule has 0 bridgehead atoms. The number of fused-ring (bicyclic) bond motifs is 1. The van der Waals surface area contributed by atoms with Crippen LogP contribution in [-0.4, -0.2) is 37.7 Å². The van der Waals surface area contributed by atoms with Crippen molar-refractivity contribution in [1.29, 1.82) is 0 Å². The minimum absolute atomic E-state index is 0.153. The van der Waals surface area contributed by atoms with Gasteiger partial charge in [-0.1, -0.05) is 23.9 Å². The number of thioether (sulfide) groups is 1. The second-order valence-electron chi connectivity index (χ2n) is 6.90. The number of benzene rings is 1. The van der Waals surface area contributed by atoms with Crippen molar-refractivity contribution in [3.63, 3.8) is 0 Å². The lowest BCUT2D eigenvalue weighted by atomic mass is 10.1. The van der Waals surface area contributed by atoms with Crippen molar-refractivity contribution in [3.05, 3.63) is 64.3 Å². The second-order valence-corrected chi connectivity index (χ2v) is 7.67. The number of hydrogen-bond acceptors (Lipinski definition) is 7. The van der Waals surface area contributed by atoms with Crippen molar-refractivity contribution in [2.45, 2.75) is 18.6 Å². The monoisotopic (exact) mass is 422 g/mol. The van der Waals surface area contributed by atoms with Crippen LogP contribution in [0.4, 0.5) is 11.5 Å². The summed E-state index contributed by atoms with van der Waals surface area (Å²) in [6.07, 6.45) is 7.19. The molecular weight excluding hydrogens is 400 g/mol. The van der Waals surface area contributed by atoms with Gasteiger partial charge in [0.1, 0.15) is 17.0 Å². The fourth-order valence-electron chi connectivity index (χ4n) is 3.32. The molecule has 1 N–H and O–H groups in total. The van der Waals surface area contributed by atoms with E-state index in [1.165, 1.54) is 11.8 Å². The summed E-state index contributed by atoms with van der Waals surface area (Å²) in [7, 11) is 3.48. The maximum Gasteiger partial charge on any atom is 0.264 e. The van der Waals surface area contributed by atoms with Crippen LogP contribution in [0.3, 0.4) is 0 Å². The van der Waals surface area contributed by atoms with Crippen LogP contribution in [-0.2, 0) is 13.6 Å². The Morgan fingerprint density at radius 1 is 1.23 bits per heavy atom. The standard InChI is InChI=1S/C21H22N6O2S/c1-13-9-14(5-6-17(13)29-3)11-27-8-7-16-18(20(27)28)19(25-21(24-16)30-4)23-15-10-22-26(2)12-15/h5-10,12H,11H2,1-4H3,(H,23,24,25). The van der Waals surface area contributed by atoms with E-state index in [9.17, 15) is 4.79 Å². The van der Waals surface area contributed by atoms with E-state index in [2.05, 4.69) is 20.4 Å². The Balaban J connectivity index is 1.79. The number of rotatable bonds is 6. The van der Waals surface area contributed by atoms with Gasteiger partial charge in [-0.3, -0.25) is 9.48 Å². The Bertz CT molecular complexity index is 1280. The lowest BCUT2D eigenvalue weighted by Gasteiger charge is -2.12. The number of methoxy groups -OCH3 is 1. The van der Waals surface area contributed by atoms with Crippen molar-refractivity contribution in [1.82, 2.24) is 24.3 Å². The molecule has 30 heavy (non-hydrogen) atoms. The lowest BCUT2D eigenvalue weighted by molar-refractivity contribution is 0.411. The van der Waals surface area contributed by atoms with E-state index in [1.807, 2.05) is 50.7 Å². The SMILES string of the molecule is COc1ccc(Cn2ccc3nc(SC)nc(Nc4cnn(C)c4)c3c2=O)cc1C. The van der Waals surface area contributed by atoms with Crippen molar-refractivity contribution >= 4 is 34.2 Å². The van der Waals surface area contributed by atoms with Gasteiger partial charge in [0.05, 0.1) is 31.1 Å². The third kappa shape index (κ3) is 3.88. The van der Waals surface area contributed by atoms with E-state index in [-0.39, 0.29) is 5.56 Å². The highest BCUT2D eigenvalue weighted by atomic mass is 32.2. The summed E-state index contributed by atoms with van der Waals surface area (Å²) in [6, 6.07) is 7.76. The quantitative estimate of drug-likeness (QED) is 0.377. The van der Waals surface area contributed by atoms with Crippen LogP contribution < -0.4 is 15.6 Å². The molecule has 0 aliphatic carbocycles. The normalized spacial score (nSPS) is 11.1. The molecule has 9 heteroatoms. The third-order valence-electron chi connectivity index (χ3n) is 4.77. The highest BCUT2D eigenvalue weighted by Crippen LogP contribution is 2.24. The Morgan fingerprint density at radius 3 is 2.73 bits per heavy atom. The average molecular weight is 423 g/mol. The molecule has 0 aliphatic rings. The summed E-state index contributed by atoms with van der Waals surface area (Å²) in [5, 5.41) is 8.43. The van der Waals surface area contributed by atoms with E-state index in [0.717, 1.165) is 22.6 Å². The summed E-state index contributed by atoms with van der Waals surface area (Å²) < 4.78 is 8.68. The van der Waals surface area contributed by atoms with Gasteiger partial charge in [-0.05, 0) is 36.4 Å². The third-order valence-corrected chi connectivity index (χ3v) is 5.31. The number of nitrogens with one attached hydrogen (secondary N) is 1. The smallest absolute Gasteiger partial charge is 0.264 e. The summed E-state index contributed by atoms with van der Waals surface area (Å²) in [4.78, 5) is 22.4. The molecule has 0 radical (unpaired) electrons. The molecule has 0 unspecified atom stereocenters. The molecule has 0 amide bonds. The number of aromatic nitrogens is 5. The van der Waals surface area contributed by atoms with Crippen LogP contribution in [0.25, 0.3) is 10.9 Å². The zero-order chi connectivity index (χ0) is 21.3. The van der Waals surface area contributed by atoms with E-state index in [4.69, 9.17) is 4.74 Å². The largest absolute Gasteiger partial charge is 0.496 e. The highest BCUT2D eigenvalue weighted by molar-refractivity contribution is 7.98. The van der Waals surface area contributed by atoms with Gasteiger partial charge in [-0.2, -0.15) is 5.10 Å². The molecule has 154 valence electrons. The van der Waals surface area contributed by atoms with Gasteiger partial charge in [-0.25, -0.2) is 9.97 Å². The van der Waals surface area contributed by atoms with Crippen LogP contribution in [0.2, 0.25) is 0 Å². The topological polar surface area (TPSA) is 86.9 Å². The van der Waals surface area contributed by atoms with Gasteiger partial charge in [0.2, 0.25) is 0 Å². The lowest BCUT2D eigenvalue weighted by Crippen LogP contribution is -2.22. The van der Waals surface area contributed by atoms with Crippen molar-refractivity contribution < 1.29 is 4.74 Å². The maximum absolute atomic E-state index is 13.3. The van der Waals surface area contributed by atoms with Gasteiger partial charge in [0.15, 0.2) is 5.16 Å². The number of pyridine rings is 1. The van der Waals surface area contributed by atoms with Gasteiger partial charge in [-0.15, -0.1) is 0 Å². The van der Waals surface area contributed by atoms with Gasteiger partial charge in [0.25, 0.3) is 5.56 Å². The highest BCUT2D eigenvalue weighted by Gasteiger charge is 2.14. The van der Waals surface area contributed by atoms with E-state index in [1.54, 1.807) is 28.8 Å². The molecule has 0 saturated heterocycles. The van der Waals surface area contributed by atoms with Crippen molar-refractivity contribution in [2.24, 2.45) is 7.05 Å². The molecule has 4 aromatic rings. The summed E-state index contributed by atoms with van der Waals surface area (Å²) in [6.45, 7) is 2.43. The van der Waals surface area contributed by atoms with Gasteiger partial charge >= 0.3 is 0 Å². The Morgan fingerprint density at radius 2 is 2.07 bits per heavy atom.